The van der Waals surface area contributed by atoms with Gasteiger partial charge in [-0.1, -0.05) is 0 Å². The summed E-state index contributed by atoms with van der Waals surface area (Å²) in [5, 5.41) is 24.2. The van der Waals surface area contributed by atoms with E-state index in [-0.39, 0.29) is 11.5 Å². The molecular formula is C13H22N4O7S2. The molecule has 7 N–H and O–H groups in total. The summed E-state index contributed by atoms with van der Waals surface area (Å²) in [4.78, 5) is 57.2. The highest BCUT2D eigenvalue weighted by atomic mass is 32.1. The van der Waals surface area contributed by atoms with Gasteiger partial charge >= 0.3 is 11.9 Å². The van der Waals surface area contributed by atoms with Crippen molar-refractivity contribution in [2.24, 2.45) is 5.73 Å². The van der Waals surface area contributed by atoms with E-state index in [0.29, 0.717) is 0 Å². The molecule has 0 aromatic rings. The van der Waals surface area contributed by atoms with Crippen molar-refractivity contribution in [3.05, 3.63) is 0 Å². The van der Waals surface area contributed by atoms with Crippen LogP contribution in [0.3, 0.4) is 0 Å². The highest BCUT2D eigenvalue weighted by Gasteiger charge is 2.27. The lowest BCUT2D eigenvalue weighted by molar-refractivity contribution is -0.141. The first-order valence-corrected chi connectivity index (χ1v) is 8.62. The fourth-order valence-electron chi connectivity index (χ4n) is 1.62. The standard InChI is InChI=1S/C13H22N4O7S2/c1-5(10(20)17-8(4-26)13(23)24)15-12(22)7(3-25)16-11(21)6(14)2-9(18)19/h5-8,25-26H,2-4,14H2,1H3,(H,15,22)(H,16,21)(H,17,20)(H,18,19)(H,23,24). The molecule has 0 rings (SSSR count). The minimum absolute atomic E-state index is 0.139. The Kier molecular flexibility index (Phi) is 10.7. The van der Waals surface area contributed by atoms with Gasteiger partial charge in [-0.2, -0.15) is 25.3 Å². The van der Waals surface area contributed by atoms with Crippen molar-refractivity contribution in [1.29, 1.82) is 0 Å². The fourth-order valence-corrected chi connectivity index (χ4v) is 2.12. The third-order valence-electron chi connectivity index (χ3n) is 3.10. The average Bonchev–Trinajstić information content (AvgIpc) is 2.55. The minimum Gasteiger partial charge on any atom is -0.481 e. The Hall–Kier alpha value is -1.99. The number of amides is 3. The lowest BCUT2D eigenvalue weighted by Gasteiger charge is -2.22. The molecule has 0 aliphatic rings. The van der Waals surface area contributed by atoms with E-state index in [9.17, 15) is 24.0 Å². The van der Waals surface area contributed by atoms with Crippen LogP contribution in [-0.4, -0.2) is 75.5 Å². The quantitative estimate of drug-likeness (QED) is 0.168. The number of hydrogen-bond acceptors (Lipinski definition) is 8. The summed E-state index contributed by atoms with van der Waals surface area (Å²) in [7, 11) is 0. The van der Waals surface area contributed by atoms with Crippen molar-refractivity contribution >= 4 is 54.9 Å². The molecular weight excluding hydrogens is 388 g/mol. The summed E-state index contributed by atoms with van der Waals surface area (Å²) >= 11 is 7.72. The van der Waals surface area contributed by atoms with Crippen molar-refractivity contribution in [2.45, 2.75) is 37.5 Å². The van der Waals surface area contributed by atoms with Gasteiger partial charge in [-0.05, 0) is 6.92 Å². The van der Waals surface area contributed by atoms with E-state index < -0.39 is 60.2 Å². The topological polar surface area (TPSA) is 188 Å². The van der Waals surface area contributed by atoms with Gasteiger partial charge in [0.2, 0.25) is 17.7 Å². The highest BCUT2D eigenvalue weighted by Crippen LogP contribution is 1.96. The lowest BCUT2D eigenvalue weighted by Crippen LogP contribution is -2.57. The molecule has 3 amide bonds. The predicted octanol–water partition coefficient (Wildman–Crippen LogP) is -2.79. The molecule has 0 saturated carbocycles. The number of hydrogen-bond donors (Lipinski definition) is 8. The smallest absolute Gasteiger partial charge is 0.327 e. The number of carboxylic acid groups (broad SMARTS) is 2. The van der Waals surface area contributed by atoms with Crippen LogP contribution in [0.15, 0.2) is 0 Å². The first-order chi connectivity index (χ1) is 12.0. The van der Waals surface area contributed by atoms with E-state index in [2.05, 4.69) is 41.2 Å². The molecule has 26 heavy (non-hydrogen) atoms. The van der Waals surface area contributed by atoms with E-state index in [4.69, 9.17) is 15.9 Å². The first kappa shape index (κ1) is 24.0. The van der Waals surface area contributed by atoms with Gasteiger partial charge in [0.15, 0.2) is 0 Å². The molecule has 0 fully saturated rings. The Balaban J connectivity index is 4.73. The minimum atomic E-state index is -1.35. The van der Waals surface area contributed by atoms with Crippen LogP contribution in [0.2, 0.25) is 0 Å². The van der Waals surface area contributed by atoms with Crippen molar-refractivity contribution in [3.8, 4) is 0 Å². The summed E-state index contributed by atoms with van der Waals surface area (Å²) in [5.41, 5.74) is 5.39. The molecule has 0 saturated heterocycles. The van der Waals surface area contributed by atoms with Crippen molar-refractivity contribution in [1.82, 2.24) is 16.0 Å². The van der Waals surface area contributed by atoms with E-state index >= 15 is 0 Å². The number of thiol groups is 2. The van der Waals surface area contributed by atoms with Gasteiger partial charge in [0, 0.05) is 11.5 Å². The van der Waals surface area contributed by atoms with Gasteiger partial charge in [0.1, 0.15) is 18.1 Å². The van der Waals surface area contributed by atoms with Crippen LogP contribution in [0.1, 0.15) is 13.3 Å². The van der Waals surface area contributed by atoms with Gasteiger partial charge < -0.3 is 31.9 Å². The van der Waals surface area contributed by atoms with Crippen molar-refractivity contribution in [3.63, 3.8) is 0 Å². The van der Waals surface area contributed by atoms with Gasteiger partial charge in [-0.3, -0.25) is 19.2 Å². The molecule has 0 spiro atoms. The SMILES string of the molecule is CC(NC(=O)C(CS)NC(=O)C(N)CC(=O)O)C(=O)NC(CS)C(=O)O. The number of nitrogens with one attached hydrogen (secondary N) is 3. The Morgan fingerprint density at radius 3 is 1.81 bits per heavy atom. The number of aliphatic carboxylic acids is 2. The molecule has 4 unspecified atom stereocenters. The summed E-state index contributed by atoms with van der Waals surface area (Å²) in [5.74, 6) is -5.22. The number of nitrogens with two attached hydrogens (primary N) is 1. The van der Waals surface area contributed by atoms with Gasteiger partial charge in [-0.15, -0.1) is 0 Å². The van der Waals surface area contributed by atoms with Crippen LogP contribution < -0.4 is 21.7 Å². The van der Waals surface area contributed by atoms with Gasteiger partial charge in [-0.25, -0.2) is 4.79 Å². The van der Waals surface area contributed by atoms with Gasteiger partial charge in [0.25, 0.3) is 0 Å². The third kappa shape index (κ3) is 8.40. The van der Waals surface area contributed by atoms with Crippen LogP contribution in [0, 0.1) is 0 Å². The Morgan fingerprint density at radius 1 is 0.885 bits per heavy atom. The maximum Gasteiger partial charge on any atom is 0.327 e. The Bertz CT molecular complexity index is 561. The average molecular weight is 410 g/mol. The summed E-state index contributed by atoms with van der Waals surface area (Å²) in [6, 6.07) is -4.84. The molecule has 11 nitrogen and oxygen atoms in total. The first-order valence-electron chi connectivity index (χ1n) is 7.36. The maximum atomic E-state index is 12.1. The van der Waals surface area contributed by atoms with E-state index in [0.717, 1.165) is 0 Å². The van der Waals surface area contributed by atoms with Crippen LogP contribution in [0.5, 0.6) is 0 Å². The Labute approximate surface area is 160 Å². The second kappa shape index (κ2) is 11.6. The predicted molar refractivity (Wildman–Crippen MR) is 97.0 cm³/mol. The van der Waals surface area contributed by atoms with Gasteiger partial charge in [0.05, 0.1) is 12.5 Å². The highest BCUT2D eigenvalue weighted by molar-refractivity contribution is 7.80. The van der Waals surface area contributed by atoms with Crippen molar-refractivity contribution < 1.29 is 34.2 Å². The zero-order chi connectivity index (χ0) is 20.4. The number of carboxylic acids is 2. The Morgan fingerprint density at radius 2 is 1.38 bits per heavy atom. The fraction of sp³-hybridized carbons (Fsp3) is 0.615. The molecule has 0 radical (unpaired) electrons. The monoisotopic (exact) mass is 410 g/mol. The van der Waals surface area contributed by atoms with Crippen LogP contribution >= 0.6 is 25.3 Å². The van der Waals surface area contributed by atoms with E-state index in [1.54, 1.807) is 0 Å². The molecule has 0 aromatic carbocycles. The van der Waals surface area contributed by atoms with Crippen LogP contribution in [0.25, 0.3) is 0 Å². The zero-order valence-electron chi connectivity index (χ0n) is 13.8. The second-order valence-corrected chi connectivity index (χ2v) is 5.99. The largest absolute Gasteiger partial charge is 0.481 e. The summed E-state index contributed by atoms with van der Waals surface area (Å²) in [6.07, 6.45) is -0.619. The van der Waals surface area contributed by atoms with Crippen molar-refractivity contribution in [2.75, 3.05) is 11.5 Å². The van der Waals surface area contributed by atoms with E-state index in [1.807, 2.05) is 0 Å². The molecule has 0 bridgehead atoms. The molecule has 13 heteroatoms. The second-order valence-electron chi connectivity index (χ2n) is 5.26. The third-order valence-corrected chi connectivity index (χ3v) is 3.83. The zero-order valence-corrected chi connectivity index (χ0v) is 15.6. The molecule has 0 aliphatic carbocycles. The summed E-state index contributed by atoms with van der Waals surface area (Å²) < 4.78 is 0. The number of carbonyl (C=O) groups excluding carboxylic acids is 3. The molecule has 0 aromatic heterocycles. The number of carbonyl (C=O) groups is 5. The van der Waals surface area contributed by atoms with Crippen LogP contribution in [0.4, 0.5) is 0 Å². The maximum absolute atomic E-state index is 12.1. The lowest BCUT2D eigenvalue weighted by atomic mass is 10.2. The molecule has 4 atom stereocenters. The van der Waals surface area contributed by atoms with Crippen LogP contribution in [-0.2, 0) is 24.0 Å². The molecule has 0 heterocycles. The summed E-state index contributed by atoms with van der Waals surface area (Å²) in [6.45, 7) is 1.32. The normalized spacial score (nSPS) is 15.1. The molecule has 148 valence electrons. The van der Waals surface area contributed by atoms with E-state index in [1.165, 1.54) is 6.92 Å². The number of rotatable bonds is 11. The molecule has 0 aliphatic heterocycles.